The number of amides is 1. The minimum absolute atomic E-state index is 0.625. The van der Waals surface area contributed by atoms with Gasteiger partial charge < -0.3 is 15.3 Å². The number of rotatable bonds is 4. The molecular formula is C29H23N7O. The number of imidazole rings is 1. The fourth-order valence-corrected chi connectivity index (χ4v) is 4.36. The molecule has 0 fully saturated rings. The highest BCUT2D eigenvalue weighted by atomic mass is 16.1. The Kier molecular flexibility index (Phi) is 5.67. The van der Waals surface area contributed by atoms with Crippen molar-refractivity contribution in [3.63, 3.8) is 0 Å². The first kappa shape index (κ1) is 22.2. The average molecular weight is 486 g/mol. The van der Waals surface area contributed by atoms with Gasteiger partial charge in [-0.25, -0.2) is 4.98 Å². The molecule has 7 rings (SSSR count). The van der Waals surface area contributed by atoms with E-state index in [1.807, 2.05) is 48.9 Å². The van der Waals surface area contributed by atoms with Crippen LogP contribution in [0.15, 0.2) is 97.6 Å². The predicted molar refractivity (Wildman–Crippen MR) is 146 cm³/mol. The summed E-state index contributed by atoms with van der Waals surface area (Å²) in [4.78, 5) is 29.8. The van der Waals surface area contributed by atoms with Crippen molar-refractivity contribution >= 4 is 33.9 Å². The maximum atomic E-state index is 9.06. The normalized spacial score (nSPS) is 10.9. The van der Waals surface area contributed by atoms with E-state index in [-0.39, 0.29) is 0 Å². The van der Waals surface area contributed by atoms with E-state index in [4.69, 9.17) is 9.78 Å². The van der Waals surface area contributed by atoms with Crippen LogP contribution in [0.3, 0.4) is 0 Å². The number of carbonyl (C=O) groups excluding carboxylic acids is 1. The van der Waals surface area contributed by atoms with Gasteiger partial charge in [0.15, 0.2) is 5.65 Å². The van der Waals surface area contributed by atoms with E-state index >= 15 is 0 Å². The number of aromatic nitrogens is 6. The number of pyridine rings is 1. The van der Waals surface area contributed by atoms with Crippen LogP contribution in [0.4, 0.5) is 0 Å². The van der Waals surface area contributed by atoms with Crippen molar-refractivity contribution in [2.75, 3.05) is 7.05 Å². The molecule has 5 aromatic heterocycles. The van der Waals surface area contributed by atoms with Gasteiger partial charge in [0, 0.05) is 46.8 Å². The Morgan fingerprint density at radius 2 is 1.41 bits per heavy atom. The van der Waals surface area contributed by atoms with E-state index in [0.717, 1.165) is 50.7 Å². The molecule has 0 unspecified atom stereocenters. The summed E-state index contributed by atoms with van der Waals surface area (Å²) in [6.45, 7) is 0. The van der Waals surface area contributed by atoms with Crippen LogP contribution in [0.2, 0.25) is 0 Å². The molecule has 0 spiro atoms. The van der Waals surface area contributed by atoms with E-state index in [1.54, 1.807) is 13.2 Å². The number of fused-ring (bicyclic) bond motifs is 3. The maximum Gasteiger partial charge on any atom is 0.206 e. The summed E-state index contributed by atoms with van der Waals surface area (Å²) < 4.78 is 2.07. The van der Waals surface area contributed by atoms with E-state index in [9.17, 15) is 0 Å². The Bertz CT molecular complexity index is 1780. The molecule has 5 heterocycles. The molecule has 2 aromatic carbocycles. The van der Waals surface area contributed by atoms with Crippen molar-refractivity contribution in [1.82, 2.24) is 34.6 Å². The summed E-state index contributed by atoms with van der Waals surface area (Å²) in [5.41, 5.74) is 8.72. The number of carbonyl (C=O) groups is 1. The van der Waals surface area contributed by atoms with Crippen LogP contribution in [0, 0.1) is 0 Å². The van der Waals surface area contributed by atoms with Crippen molar-refractivity contribution in [3.8, 4) is 34.0 Å². The van der Waals surface area contributed by atoms with Crippen molar-refractivity contribution in [2.45, 2.75) is 0 Å². The molecule has 0 radical (unpaired) electrons. The molecular weight excluding hydrogens is 462 g/mol. The third kappa shape index (κ3) is 4.21. The van der Waals surface area contributed by atoms with Crippen LogP contribution < -0.4 is 5.32 Å². The molecule has 0 aliphatic heterocycles. The van der Waals surface area contributed by atoms with Crippen molar-refractivity contribution < 1.29 is 4.79 Å². The lowest BCUT2D eigenvalue weighted by atomic mass is 10.2. The Hall–Kier alpha value is -5.24. The monoisotopic (exact) mass is 485 g/mol. The summed E-state index contributed by atoms with van der Waals surface area (Å²) in [5.74, 6) is 0. The first-order valence-electron chi connectivity index (χ1n) is 11.8. The fraction of sp³-hybridized carbons (Fsp3) is 0.0345. The van der Waals surface area contributed by atoms with Gasteiger partial charge in [-0.2, -0.15) is 0 Å². The largest absolute Gasteiger partial charge is 0.362 e. The Balaban J connectivity index is 0.000000590. The molecule has 180 valence electrons. The highest BCUT2D eigenvalue weighted by Gasteiger charge is 2.12. The Morgan fingerprint density at radius 1 is 0.757 bits per heavy atom. The van der Waals surface area contributed by atoms with Crippen molar-refractivity contribution in [1.29, 1.82) is 0 Å². The molecule has 0 aliphatic rings. The highest BCUT2D eigenvalue weighted by molar-refractivity contribution is 5.86. The van der Waals surface area contributed by atoms with Crippen molar-refractivity contribution in [2.24, 2.45) is 0 Å². The Labute approximate surface area is 212 Å². The van der Waals surface area contributed by atoms with Crippen LogP contribution >= 0.6 is 0 Å². The number of H-pyrrole nitrogens is 2. The Morgan fingerprint density at radius 3 is 2.05 bits per heavy atom. The molecule has 8 heteroatoms. The lowest BCUT2D eigenvalue weighted by Crippen LogP contribution is -1.98. The average Bonchev–Trinajstić information content (AvgIpc) is 3.69. The van der Waals surface area contributed by atoms with E-state index in [1.165, 1.54) is 10.8 Å². The lowest BCUT2D eigenvalue weighted by Gasteiger charge is -2.05. The standard InChI is InChI=1S/C27H18N6.C2H5NO/c1-3-7-20-17(5-1)11-23(31-20)22-10-9-19(13-28-22)25-16-33-26(14-30-27(33)15-29-25)24-12-18-6-2-4-8-21(18)32-24;1-3-2-4/h1-16,31-32H;2H,1H3,(H,3,4). The summed E-state index contributed by atoms with van der Waals surface area (Å²) >= 11 is 0. The molecule has 1 amide bonds. The fourth-order valence-electron chi connectivity index (χ4n) is 4.36. The molecule has 37 heavy (non-hydrogen) atoms. The van der Waals surface area contributed by atoms with Gasteiger partial charge in [-0.3, -0.25) is 19.2 Å². The maximum absolute atomic E-state index is 9.06. The second kappa shape index (κ2) is 9.43. The summed E-state index contributed by atoms with van der Waals surface area (Å²) in [6, 6.07) is 24.9. The summed E-state index contributed by atoms with van der Waals surface area (Å²) in [5, 5.41) is 4.60. The van der Waals surface area contributed by atoms with Crippen LogP contribution in [-0.4, -0.2) is 42.8 Å². The predicted octanol–water partition coefficient (Wildman–Crippen LogP) is 5.45. The number of benzene rings is 2. The molecule has 0 saturated heterocycles. The number of para-hydroxylation sites is 2. The second-order valence-electron chi connectivity index (χ2n) is 8.52. The number of aromatic amines is 2. The third-order valence-corrected chi connectivity index (χ3v) is 6.18. The number of hydrogen-bond acceptors (Lipinski definition) is 4. The lowest BCUT2D eigenvalue weighted by molar-refractivity contribution is -0.109. The topological polar surface area (TPSA) is 104 Å². The molecule has 8 nitrogen and oxygen atoms in total. The number of hydrogen-bond donors (Lipinski definition) is 3. The van der Waals surface area contributed by atoms with Gasteiger partial charge in [0.25, 0.3) is 0 Å². The van der Waals surface area contributed by atoms with E-state index < -0.39 is 0 Å². The minimum atomic E-state index is 0.625. The number of nitrogens with zero attached hydrogens (tertiary/aromatic N) is 4. The van der Waals surface area contributed by atoms with Gasteiger partial charge in [0.05, 0.1) is 40.9 Å². The van der Waals surface area contributed by atoms with Crippen LogP contribution in [-0.2, 0) is 4.79 Å². The minimum Gasteiger partial charge on any atom is -0.362 e. The smallest absolute Gasteiger partial charge is 0.206 e. The molecule has 7 aromatic rings. The summed E-state index contributed by atoms with van der Waals surface area (Å²) in [7, 11) is 1.56. The van der Waals surface area contributed by atoms with Crippen LogP contribution in [0.25, 0.3) is 61.5 Å². The summed E-state index contributed by atoms with van der Waals surface area (Å²) in [6.07, 6.45) is 8.19. The SMILES string of the molecule is CNC=O.c1ccc2[nH]c(-c3ccc(-c4cn5c(-c6cc7ccccc7[nH]6)cnc5cn4)cn3)cc2c1. The van der Waals surface area contributed by atoms with Crippen molar-refractivity contribution in [3.05, 3.63) is 97.6 Å². The van der Waals surface area contributed by atoms with Gasteiger partial charge in [-0.1, -0.05) is 36.4 Å². The van der Waals surface area contributed by atoms with Crippen LogP contribution in [0.1, 0.15) is 0 Å². The number of nitrogens with one attached hydrogen (secondary N) is 3. The van der Waals surface area contributed by atoms with Gasteiger partial charge >= 0.3 is 0 Å². The van der Waals surface area contributed by atoms with Gasteiger partial charge in [0.1, 0.15) is 0 Å². The molecule has 0 bridgehead atoms. The quantitative estimate of drug-likeness (QED) is 0.288. The third-order valence-electron chi connectivity index (χ3n) is 6.18. The molecule has 0 aliphatic carbocycles. The zero-order valence-corrected chi connectivity index (χ0v) is 20.0. The highest BCUT2D eigenvalue weighted by Crippen LogP contribution is 2.27. The molecule has 3 N–H and O–H groups in total. The second-order valence-corrected chi connectivity index (χ2v) is 8.52. The van der Waals surface area contributed by atoms with Gasteiger partial charge in [-0.05, 0) is 36.4 Å². The van der Waals surface area contributed by atoms with E-state index in [0.29, 0.717) is 6.41 Å². The van der Waals surface area contributed by atoms with Gasteiger partial charge in [-0.15, -0.1) is 0 Å². The van der Waals surface area contributed by atoms with Gasteiger partial charge in [0.2, 0.25) is 6.41 Å². The first-order chi connectivity index (χ1) is 18.2. The van der Waals surface area contributed by atoms with Crippen LogP contribution in [0.5, 0.6) is 0 Å². The zero-order valence-electron chi connectivity index (χ0n) is 20.0. The van der Waals surface area contributed by atoms with E-state index in [2.05, 4.69) is 72.1 Å². The molecule has 0 atom stereocenters. The molecule has 0 saturated carbocycles. The zero-order chi connectivity index (χ0) is 25.2. The first-order valence-corrected chi connectivity index (χ1v) is 11.8.